The zero-order valence-corrected chi connectivity index (χ0v) is 13.4. The lowest BCUT2D eigenvalue weighted by atomic mass is 10.1. The van der Waals surface area contributed by atoms with E-state index < -0.39 is 11.1 Å². The fourth-order valence-electron chi connectivity index (χ4n) is 2.68. The molecule has 1 aliphatic heterocycles. The minimum absolute atomic E-state index is 0.243. The van der Waals surface area contributed by atoms with Crippen molar-refractivity contribution in [1.29, 1.82) is 0 Å². The van der Waals surface area contributed by atoms with Crippen LogP contribution in [0.5, 0.6) is 0 Å². The molecule has 0 amide bonds. The lowest BCUT2D eigenvalue weighted by molar-refractivity contribution is -0.134. The van der Waals surface area contributed by atoms with Crippen LogP contribution < -0.4 is 4.90 Å². The molecule has 0 bridgehead atoms. The van der Waals surface area contributed by atoms with E-state index in [-0.39, 0.29) is 6.04 Å². The van der Waals surface area contributed by atoms with Crippen molar-refractivity contribution in [3.63, 3.8) is 0 Å². The van der Waals surface area contributed by atoms with Crippen molar-refractivity contribution < 1.29 is 13.2 Å². The largest absolute Gasteiger partial charge is 0.427 e. The van der Waals surface area contributed by atoms with Gasteiger partial charge in [0, 0.05) is 44.6 Å². The average Bonchev–Trinajstić information content (AvgIpc) is 3.05. The standard InChI is InChI=1S/C15H17F3N4S/c1-11(12-3-2-4-19-9-12)21-5-7-22(8-6-21)14-20-10-13(23-14)15(16,17)18/h2-4,9-11H,5-8H2,1H3. The maximum absolute atomic E-state index is 12.7. The highest BCUT2D eigenvalue weighted by molar-refractivity contribution is 7.15. The highest BCUT2D eigenvalue weighted by atomic mass is 32.1. The normalized spacial score (nSPS) is 18.2. The molecule has 2 aromatic rings. The topological polar surface area (TPSA) is 32.3 Å². The number of piperazine rings is 1. The van der Waals surface area contributed by atoms with Crippen LogP contribution in [0.25, 0.3) is 0 Å². The van der Waals surface area contributed by atoms with Crippen molar-refractivity contribution in [2.24, 2.45) is 0 Å². The van der Waals surface area contributed by atoms with Crippen LogP contribution in [0.2, 0.25) is 0 Å². The van der Waals surface area contributed by atoms with Gasteiger partial charge < -0.3 is 4.90 Å². The summed E-state index contributed by atoms with van der Waals surface area (Å²) in [5.74, 6) is 0. The molecule has 1 aliphatic rings. The lowest BCUT2D eigenvalue weighted by Crippen LogP contribution is -2.47. The number of alkyl halides is 3. The van der Waals surface area contributed by atoms with E-state index in [9.17, 15) is 13.2 Å². The predicted molar refractivity (Wildman–Crippen MR) is 83.6 cm³/mol. The summed E-state index contributed by atoms with van der Waals surface area (Å²) in [6.07, 6.45) is 0.208. The second-order valence-corrected chi connectivity index (χ2v) is 6.50. The molecule has 4 nitrogen and oxygen atoms in total. The van der Waals surface area contributed by atoms with Crippen LogP contribution in [-0.2, 0) is 6.18 Å². The van der Waals surface area contributed by atoms with Crippen molar-refractivity contribution in [2.75, 3.05) is 31.1 Å². The van der Waals surface area contributed by atoms with Crippen LogP contribution in [0, 0.1) is 0 Å². The average molecular weight is 342 g/mol. The SMILES string of the molecule is CC(c1cccnc1)N1CCN(c2ncc(C(F)(F)F)s2)CC1. The lowest BCUT2D eigenvalue weighted by Gasteiger charge is -2.38. The zero-order chi connectivity index (χ0) is 16.4. The van der Waals surface area contributed by atoms with Crippen molar-refractivity contribution in [3.05, 3.63) is 41.2 Å². The Hall–Kier alpha value is -1.67. The summed E-state index contributed by atoms with van der Waals surface area (Å²) < 4.78 is 38.0. The number of rotatable bonds is 3. The molecule has 0 N–H and O–H groups in total. The van der Waals surface area contributed by atoms with Crippen LogP contribution in [-0.4, -0.2) is 41.0 Å². The molecule has 0 aromatic carbocycles. The summed E-state index contributed by atoms with van der Waals surface area (Å²) in [6.45, 7) is 5.05. The summed E-state index contributed by atoms with van der Waals surface area (Å²) in [6, 6.07) is 4.20. The summed E-state index contributed by atoms with van der Waals surface area (Å²) in [5.41, 5.74) is 1.15. The molecule has 8 heteroatoms. The molecule has 1 fully saturated rings. The van der Waals surface area contributed by atoms with E-state index in [1.165, 1.54) is 0 Å². The van der Waals surface area contributed by atoms with Gasteiger partial charge in [-0.2, -0.15) is 13.2 Å². The summed E-state index contributed by atoms with van der Waals surface area (Å²) in [5, 5.41) is 0.450. The number of aromatic nitrogens is 2. The van der Waals surface area contributed by atoms with E-state index in [1.807, 2.05) is 23.2 Å². The van der Waals surface area contributed by atoms with E-state index in [1.54, 1.807) is 6.20 Å². The third-order valence-corrected chi connectivity index (χ3v) is 5.18. The highest BCUT2D eigenvalue weighted by Crippen LogP contribution is 2.36. The molecular formula is C15H17F3N4S. The molecule has 23 heavy (non-hydrogen) atoms. The van der Waals surface area contributed by atoms with Gasteiger partial charge in [-0.3, -0.25) is 9.88 Å². The summed E-state index contributed by atoms with van der Waals surface area (Å²) in [4.78, 5) is 11.7. The number of nitrogens with zero attached hydrogens (tertiary/aromatic N) is 4. The monoisotopic (exact) mass is 342 g/mol. The first kappa shape index (κ1) is 16.2. The van der Waals surface area contributed by atoms with Gasteiger partial charge in [0.15, 0.2) is 5.13 Å². The van der Waals surface area contributed by atoms with Crippen LogP contribution >= 0.6 is 11.3 Å². The van der Waals surface area contributed by atoms with Crippen LogP contribution in [0.4, 0.5) is 18.3 Å². The maximum atomic E-state index is 12.7. The molecule has 1 saturated heterocycles. The van der Waals surface area contributed by atoms with Crippen molar-refractivity contribution in [2.45, 2.75) is 19.1 Å². The molecule has 0 aliphatic carbocycles. The van der Waals surface area contributed by atoms with Gasteiger partial charge in [0.2, 0.25) is 0 Å². The second-order valence-electron chi connectivity index (χ2n) is 5.49. The predicted octanol–water partition coefficient (Wildman–Crippen LogP) is 3.44. The van der Waals surface area contributed by atoms with E-state index in [0.29, 0.717) is 29.6 Å². The van der Waals surface area contributed by atoms with Gasteiger partial charge in [-0.05, 0) is 18.6 Å². The Morgan fingerprint density at radius 2 is 1.91 bits per heavy atom. The molecule has 2 aromatic heterocycles. The van der Waals surface area contributed by atoms with Crippen molar-refractivity contribution in [1.82, 2.24) is 14.9 Å². The number of thiazole rings is 1. The molecule has 1 unspecified atom stereocenters. The Morgan fingerprint density at radius 1 is 1.17 bits per heavy atom. The fraction of sp³-hybridized carbons (Fsp3) is 0.467. The van der Waals surface area contributed by atoms with E-state index in [2.05, 4.69) is 21.8 Å². The van der Waals surface area contributed by atoms with Crippen LogP contribution in [0.3, 0.4) is 0 Å². The third-order valence-electron chi connectivity index (χ3n) is 4.07. The summed E-state index contributed by atoms with van der Waals surface area (Å²) in [7, 11) is 0. The molecule has 124 valence electrons. The Kier molecular flexibility index (Phi) is 4.54. The second kappa shape index (κ2) is 6.45. The minimum Gasteiger partial charge on any atom is -0.346 e. The number of anilines is 1. The van der Waals surface area contributed by atoms with Crippen LogP contribution in [0.15, 0.2) is 30.7 Å². The first-order valence-electron chi connectivity index (χ1n) is 7.37. The van der Waals surface area contributed by atoms with E-state index in [4.69, 9.17) is 0 Å². The molecule has 3 rings (SSSR count). The molecule has 3 heterocycles. The number of hydrogen-bond donors (Lipinski definition) is 0. The molecule has 0 radical (unpaired) electrons. The van der Waals surface area contributed by atoms with E-state index in [0.717, 1.165) is 24.8 Å². The smallest absolute Gasteiger partial charge is 0.346 e. The van der Waals surface area contributed by atoms with Gasteiger partial charge in [-0.1, -0.05) is 17.4 Å². The molecule has 0 saturated carbocycles. The summed E-state index contributed by atoms with van der Waals surface area (Å²) >= 11 is 0.714. The first-order valence-corrected chi connectivity index (χ1v) is 8.19. The van der Waals surface area contributed by atoms with Crippen molar-refractivity contribution >= 4 is 16.5 Å². The van der Waals surface area contributed by atoms with E-state index >= 15 is 0 Å². The van der Waals surface area contributed by atoms with Gasteiger partial charge in [-0.25, -0.2) is 4.98 Å². The Morgan fingerprint density at radius 3 is 2.48 bits per heavy atom. The van der Waals surface area contributed by atoms with Gasteiger partial charge >= 0.3 is 6.18 Å². The Balaban J connectivity index is 1.61. The molecular weight excluding hydrogens is 325 g/mol. The Labute approximate surface area is 136 Å². The Bertz CT molecular complexity index is 636. The number of halogens is 3. The highest BCUT2D eigenvalue weighted by Gasteiger charge is 2.34. The van der Waals surface area contributed by atoms with Gasteiger partial charge in [0.1, 0.15) is 4.88 Å². The minimum atomic E-state index is -4.31. The van der Waals surface area contributed by atoms with Gasteiger partial charge in [0.25, 0.3) is 0 Å². The first-order chi connectivity index (χ1) is 10.9. The number of hydrogen-bond acceptors (Lipinski definition) is 5. The van der Waals surface area contributed by atoms with Gasteiger partial charge in [-0.15, -0.1) is 0 Å². The third kappa shape index (κ3) is 3.64. The maximum Gasteiger partial charge on any atom is 0.427 e. The zero-order valence-electron chi connectivity index (χ0n) is 12.6. The number of pyridine rings is 1. The van der Waals surface area contributed by atoms with Crippen LogP contribution in [0.1, 0.15) is 23.4 Å². The quantitative estimate of drug-likeness (QED) is 0.855. The molecule has 1 atom stereocenters. The fourth-order valence-corrected chi connectivity index (χ4v) is 3.51. The van der Waals surface area contributed by atoms with Crippen molar-refractivity contribution in [3.8, 4) is 0 Å². The molecule has 0 spiro atoms. The van der Waals surface area contributed by atoms with Gasteiger partial charge in [0.05, 0.1) is 6.20 Å².